The number of nitrogens with one attached hydrogen (secondary N) is 1. The second-order valence-electron chi connectivity index (χ2n) is 5.75. The highest BCUT2D eigenvalue weighted by Crippen LogP contribution is 2.18. The Kier molecular flexibility index (Phi) is 5.08. The van der Waals surface area contributed by atoms with Crippen molar-refractivity contribution in [2.75, 3.05) is 49.5 Å². The van der Waals surface area contributed by atoms with Crippen LogP contribution in [-0.4, -0.2) is 59.1 Å². The van der Waals surface area contributed by atoms with Gasteiger partial charge < -0.3 is 15.1 Å². The van der Waals surface area contributed by atoms with Crippen LogP contribution in [0, 0.1) is 0 Å². The predicted molar refractivity (Wildman–Crippen MR) is 85.1 cm³/mol. The Bertz CT molecular complexity index is 457. The van der Waals surface area contributed by atoms with Crippen molar-refractivity contribution in [3.05, 3.63) is 5.28 Å². The maximum atomic E-state index is 6.01. The normalized spacial score (nSPS) is 19.4. The van der Waals surface area contributed by atoms with Crippen LogP contribution in [-0.2, 0) is 0 Å². The van der Waals surface area contributed by atoms with Gasteiger partial charge in [-0.2, -0.15) is 15.0 Å². The molecule has 21 heavy (non-hydrogen) atoms. The van der Waals surface area contributed by atoms with Gasteiger partial charge in [-0.3, -0.25) is 0 Å². The fourth-order valence-electron chi connectivity index (χ4n) is 2.99. The molecular weight excluding hydrogens is 288 g/mol. The van der Waals surface area contributed by atoms with Crippen LogP contribution in [0.2, 0.25) is 5.28 Å². The molecule has 1 N–H and O–H groups in total. The van der Waals surface area contributed by atoms with Crippen LogP contribution in [0.3, 0.4) is 0 Å². The van der Waals surface area contributed by atoms with E-state index in [1.165, 1.54) is 38.8 Å². The molecule has 0 saturated carbocycles. The molecule has 1 aromatic rings. The van der Waals surface area contributed by atoms with Crippen molar-refractivity contribution in [3.8, 4) is 0 Å². The van der Waals surface area contributed by atoms with E-state index >= 15 is 0 Å². The highest BCUT2D eigenvalue weighted by molar-refractivity contribution is 6.28. The lowest BCUT2D eigenvalue weighted by atomic mass is 10.4. The van der Waals surface area contributed by atoms with Crippen molar-refractivity contribution in [1.29, 1.82) is 0 Å². The van der Waals surface area contributed by atoms with Crippen LogP contribution in [0.4, 0.5) is 11.9 Å². The third kappa shape index (κ3) is 4.17. The third-order valence-electron chi connectivity index (χ3n) is 4.12. The Labute approximate surface area is 130 Å². The van der Waals surface area contributed by atoms with E-state index in [2.05, 4.69) is 30.1 Å². The molecule has 1 aromatic heterocycles. The van der Waals surface area contributed by atoms with Gasteiger partial charge in [-0.05, 0) is 63.3 Å². The van der Waals surface area contributed by atoms with Crippen LogP contribution < -0.4 is 10.2 Å². The summed E-state index contributed by atoms with van der Waals surface area (Å²) >= 11 is 6.01. The van der Waals surface area contributed by atoms with E-state index in [0.29, 0.717) is 11.9 Å². The van der Waals surface area contributed by atoms with Crippen LogP contribution in [0.5, 0.6) is 0 Å². The molecule has 7 heteroatoms. The molecule has 0 aromatic carbocycles. The number of halogens is 1. The van der Waals surface area contributed by atoms with Gasteiger partial charge in [0.15, 0.2) is 0 Å². The van der Waals surface area contributed by atoms with E-state index < -0.39 is 0 Å². The highest BCUT2D eigenvalue weighted by Gasteiger charge is 2.17. The smallest absolute Gasteiger partial charge is 0.231 e. The van der Waals surface area contributed by atoms with E-state index in [1.54, 1.807) is 0 Å². The van der Waals surface area contributed by atoms with Gasteiger partial charge >= 0.3 is 0 Å². The third-order valence-corrected chi connectivity index (χ3v) is 4.29. The summed E-state index contributed by atoms with van der Waals surface area (Å²) in [5.74, 6) is 1.30. The fourth-order valence-corrected chi connectivity index (χ4v) is 3.14. The Morgan fingerprint density at radius 1 is 0.952 bits per heavy atom. The first-order valence-electron chi connectivity index (χ1n) is 7.94. The number of hydrogen-bond donors (Lipinski definition) is 1. The van der Waals surface area contributed by atoms with E-state index in [1.807, 2.05) is 0 Å². The van der Waals surface area contributed by atoms with Crippen LogP contribution in [0.15, 0.2) is 0 Å². The molecule has 116 valence electrons. The van der Waals surface area contributed by atoms with Gasteiger partial charge in [0, 0.05) is 19.6 Å². The molecule has 2 fully saturated rings. The van der Waals surface area contributed by atoms with Crippen molar-refractivity contribution < 1.29 is 0 Å². The number of rotatable bonds is 6. The Morgan fingerprint density at radius 3 is 2.43 bits per heavy atom. The van der Waals surface area contributed by atoms with E-state index in [0.717, 1.165) is 32.6 Å². The monoisotopic (exact) mass is 310 g/mol. The largest absolute Gasteiger partial charge is 0.354 e. The topological polar surface area (TPSA) is 57.2 Å². The van der Waals surface area contributed by atoms with E-state index in [4.69, 9.17) is 11.6 Å². The standard InChI is InChI=1S/C14H23ClN6/c15-12-17-13(16-6-5-9-20-7-1-2-8-20)19-14(18-12)21-10-3-4-11-21/h1-11H2,(H,16,17,18,19). The number of likely N-dealkylation sites (tertiary alicyclic amines) is 1. The lowest BCUT2D eigenvalue weighted by Crippen LogP contribution is -2.23. The van der Waals surface area contributed by atoms with Gasteiger partial charge in [-0.15, -0.1) is 0 Å². The second kappa shape index (κ2) is 7.22. The SMILES string of the molecule is Clc1nc(NCCCN2CCCC2)nc(N2CCCC2)n1. The zero-order valence-electron chi connectivity index (χ0n) is 12.4. The molecule has 3 heterocycles. The molecule has 0 radical (unpaired) electrons. The average Bonchev–Trinajstić information content (AvgIpc) is 3.16. The summed E-state index contributed by atoms with van der Waals surface area (Å²) in [6.45, 7) is 6.53. The van der Waals surface area contributed by atoms with Crippen molar-refractivity contribution >= 4 is 23.5 Å². The van der Waals surface area contributed by atoms with E-state index in [-0.39, 0.29) is 5.28 Å². The van der Waals surface area contributed by atoms with Crippen molar-refractivity contribution in [2.45, 2.75) is 32.1 Å². The number of nitrogens with zero attached hydrogens (tertiary/aromatic N) is 5. The second-order valence-corrected chi connectivity index (χ2v) is 6.09. The highest BCUT2D eigenvalue weighted by atomic mass is 35.5. The summed E-state index contributed by atoms with van der Waals surface area (Å²) in [4.78, 5) is 17.6. The van der Waals surface area contributed by atoms with Crippen LogP contribution in [0.1, 0.15) is 32.1 Å². The molecule has 0 bridgehead atoms. The van der Waals surface area contributed by atoms with Gasteiger partial charge in [0.25, 0.3) is 0 Å². The zero-order valence-corrected chi connectivity index (χ0v) is 13.1. The molecule has 0 atom stereocenters. The minimum absolute atomic E-state index is 0.272. The number of hydrogen-bond acceptors (Lipinski definition) is 6. The molecule has 2 aliphatic heterocycles. The minimum Gasteiger partial charge on any atom is -0.354 e. The maximum Gasteiger partial charge on any atom is 0.231 e. The number of aromatic nitrogens is 3. The van der Waals surface area contributed by atoms with Gasteiger partial charge in [0.2, 0.25) is 17.2 Å². The first kappa shape index (κ1) is 14.8. The van der Waals surface area contributed by atoms with Gasteiger partial charge in [-0.25, -0.2) is 0 Å². The Balaban J connectivity index is 1.49. The molecular formula is C14H23ClN6. The molecule has 0 aliphatic carbocycles. The van der Waals surface area contributed by atoms with Gasteiger partial charge in [0.05, 0.1) is 0 Å². The molecule has 2 saturated heterocycles. The maximum absolute atomic E-state index is 6.01. The fraction of sp³-hybridized carbons (Fsp3) is 0.786. The van der Waals surface area contributed by atoms with Crippen molar-refractivity contribution in [2.24, 2.45) is 0 Å². The summed E-state index contributed by atoms with van der Waals surface area (Å²) in [7, 11) is 0. The summed E-state index contributed by atoms with van der Waals surface area (Å²) in [5.41, 5.74) is 0. The first-order chi connectivity index (χ1) is 10.3. The summed E-state index contributed by atoms with van der Waals surface area (Å²) < 4.78 is 0. The Morgan fingerprint density at radius 2 is 1.67 bits per heavy atom. The average molecular weight is 311 g/mol. The number of anilines is 2. The lowest BCUT2D eigenvalue weighted by molar-refractivity contribution is 0.337. The predicted octanol–water partition coefficient (Wildman–Crippen LogP) is 2.02. The molecule has 2 aliphatic rings. The Hall–Kier alpha value is -1.14. The first-order valence-corrected chi connectivity index (χ1v) is 8.32. The van der Waals surface area contributed by atoms with Crippen molar-refractivity contribution in [1.82, 2.24) is 19.9 Å². The molecule has 0 amide bonds. The lowest BCUT2D eigenvalue weighted by Gasteiger charge is -2.16. The molecule has 3 rings (SSSR count). The van der Waals surface area contributed by atoms with E-state index in [9.17, 15) is 0 Å². The van der Waals surface area contributed by atoms with Crippen molar-refractivity contribution in [3.63, 3.8) is 0 Å². The molecule has 0 spiro atoms. The quantitative estimate of drug-likeness (QED) is 0.811. The summed E-state index contributed by atoms with van der Waals surface area (Å²) in [6, 6.07) is 0. The summed E-state index contributed by atoms with van der Waals surface area (Å²) in [6.07, 6.45) is 6.18. The molecule has 0 unspecified atom stereocenters. The van der Waals surface area contributed by atoms with Gasteiger partial charge in [-0.1, -0.05) is 0 Å². The minimum atomic E-state index is 0.272. The van der Waals surface area contributed by atoms with Crippen LogP contribution >= 0.6 is 11.6 Å². The zero-order chi connectivity index (χ0) is 14.5. The van der Waals surface area contributed by atoms with Gasteiger partial charge in [0.1, 0.15) is 0 Å². The van der Waals surface area contributed by atoms with Crippen LogP contribution in [0.25, 0.3) is 0 Å². The molecule has 6 nitrogen and oxygen atoms in total. The summed E-state index contributed by atoms with van der Waals surface area (Å²) in [5, 5.41) is 3.55.